The number of aryl methyl sites for hydroxylation is 2. The van der Waals surface area contributed by atoms with Gasteiger partial charge in [0.2, 0.25) is 11.8 Å². The number of halogens is 2. The van der Waals surface area contributed by atoms with Crippen LogP contribution < -0.4 is 9.62 Å². The molecule has 0 saturated heterocycles. The Morgan fingerprint density at radius 2 is 1.46 bits per heavy atom. The summed E-state index contributed by atoms with van der Waals surface area (Å²) in [5.74, 6) is -0.867. The van der Waals surface area contributed by atoms with E-state index in [-0.39, 0.29) is 29.8 Å². The maximum Gasteiger partial charge on any atom is 0.264 e. The molecule has 10 heteroatoms. The number of carbonyl (C=O) groups excluding carboxylic acids is 2. The molecule has 1 aliphatic carbocycles. The van der Waals surface area contributed by atoms with Crippen molar-refractivity contribution >= 4 is 50.7 Å². The summed E-state index contributed by atoms with van der Waals surface area (Å²) < 4.78 is 29.7. The van der Waals surface area contributed by atoms with E-state index < -0.39 is 28.5 Å². The molecular weight excluding hydrogens is 665 g/mol. The van der Waals surface area contributed by atoms with E-state index in [2.05, 4.69) is 5.32 Å². The lowest BCUT2D eigenvalue weighted by Gasteiger charge is -2.35. The van der Waals surface area contributed by atoms with Crippen LogP contribution in [-0.2, 0) is 32.6 Å². The molecule has 4 aromatic rings. The third kappa shape index (κ3) is 8.78. The highest BCUT2D eigenvalue weighted by atomic mass is 35.5. The van der Waals surface area contributed by atoms with Crippen LogP contribution in [0.4, 0.5) is 5.69 Å². The highest BCUT2D eigenvalue weighted by Gasteiger charge is 2.36. The number of carbonyl (C=O) groups is 2. The average molecular weight is 707 g/mol. The maximum absolute atomic E-state index is 14.8. The topological polar surface area (TPSA) is 86.8 Å². The van der Waals surface area contributed by atoms with E-state index in [4.69, 9.17) is 23.2 Å². The van der Waals surface area contributed by atoms with E-state index in [1.807, 2.05) is 50.2 Å². The molecule has 1 unspecified atom stereocenters. The molecule has 0 aliphatic heterocycles. The van der Waals surface area contributed by atoms with E-state index in [1.165, 1.54) is 17.0 Å². The molecule has 0 heterocycles. The van der Waals surface area contributed by atoms with Gasteiger partial charge in [-0.15, -0.1) is 0 Å². The van der Waals surface area contributed by atoms with Crippen LogP contribution in [0.15, 0.2) is 102 Å². The summed E-state index contributed by atoms with van der Waals surface area (Å²) in [7, 11) is -4.20. The lowest BCUT2D eigenvalue weighted by molar-refractivity contribution is -0.140. The minimum Gasteiger partial charge on any atom is -0.352 e. The number of sulfonamides is 1. The lowest BCUT2D eigenvalue weighted by atomic mass is 9.94. The van der Waals surface area contributed by atoms with Crippen molar-refractivity contribution in [2.24, 2.45) is 0 Å². The number of rotatable bonds is 12. The number of anilines is 1. The molecule has 48 heavy (non-hydrogen) atoms. The minimum absolute atomic E-state index is 0.00363. The first kappa shape index (κ1) is 35.5. The van der Waals surface area contributed by atoms with Gasteiger partial charge in [-0.1, -0.05) is 109 Å². The molecule has 1 saturated carbocycles. The van der Waals surface area contributed by atoms with Crippen molar-refractivity contribution < 1.29 is 18.0 Å². The molecule has 1 fully saturated rings. The van der Waals surface area contributed by atoms with Gasteiger partial charge < -0.3 is 10.2 Å². The monoisotopic (exact) mass is 705 g/mol. The average Bonchev–Trinajstić information content (AvgIpc) is 3.07. The second kappa shape index (κ2) is 16.0. The Morgan fingerprint density at radius 3 is 2.10 bits per heavy atom. The molecular formula is C38H41Cl2N3O4S. The number of amides is 2. The molecule has 0 bridgehead atoms. The Labute approximate surface area is 293 Å². The van der Waals surface area contributed by atoms with Gasteiger partial charge in [-0.3, -0.25) is 13.9 Å². The Balaban J connectivity index is 1.59. The standard InChI is InChI=1S/C38H41Cl2N3O4S/c1-27-19-21-32(22-20-27)48(46,47)43(31-16-9-11-28(2)23-31)26-37(44)42(25-33-34(39)17-10-18-35(33)40)36(24-29-12-5-3-6-13-29)38(45)41-30-14-7-4-8-15-30/h3,5-6,9-13,16-23,30,36H,4,7-8,14-15,24-26H2,1-2H3,(H,41,45). The first-order valence-corrected chi connectivity index (χ1v) is 18.5. The van der Waals surface area contributed by atoms with Crippen molar-refractivity contribution in [2.75, 3.05) is 10.8 Å². The van der Waals surface area contributed by atoms with Crippen LogP contribution in [0, 0.1) is 13.8 Å². The fourth-order valence-corrected chi connectivity index (χ4v) is 8.02. The minimum atomic E-state index is -4.20. The van der Waals surface area contributed by atoms with E-state index in [0.717, 1.165) is 53.1 Å². The van der Waals surface area contributed by atoms with Gasteiger partial charge in [0.1, 0.15) is 12.6 Å². The summed E-state index contributed by atoms with van der Waals surface area (Å²) in [4.78, 5) is 30.5. The summed E-state index contributed by atoms with van der Waals surface area (Å²) in [6, 6.07) is 27.1. The first-order chi connectivity index (χ1) is 23.0. The van der Waals surface area contributed by atoms with Gasteiger partial charge in [-0.05, 0) is 74.2 Å². The van der Waals surface area contributed by atoms with Crippen molar-refractivity contribution in [3.63, 3.8) is 0 Å². The number of nitrogens with zero attached hydrogens (tertiary/aromatic N) is 2. The molecule has 5 rings (SSSR count). The predicted molar refractivity (Wildman–Crippen MR) is 193 cm³/mol. The van der Waals surface area contributed by atoms with Gasteiger partial charge in [0.15, 0.2) is 0 Å². The fraction of sp³-hybridized carbons (Fsp3) is 0.316. The maximum atomic E-state index is 14.8. The van der Waals surface area contributed by atoms with Gasteiger partial charge in [0.05, 0.1) is 10.6 Å². The fourth-order valence-electron chi connectivity index (χ4n) is 6.10. The third-order valence-electron chi connectivity index (χ3n) is 8.79. The molecule has 1 atom stereocenters. The van der Waals surface area contributed by atoms with Crippen molar-refractivity contribution in [1.29, 1.82) is 0 Å². The number of hydrogen-bond acceptors (Lipinski definition) is 4. The summed E-state index contributed by atoms with van der Waals surface area (Å²) in [5, 5.41) is 3.90. The highest BCUT2D eigenvalue weighted by molar-refractivity contribution is 7.92. The summed E-state index contributed by atoms with van der Waals surface area (Å²) in [6.45, 7) is 3.09. The SMILES string of the molecule is Cc1ccc(S(=O)(=O)N(CC(=O)N(Cc2c(Cl)cccc2Cl)C(Cc2ccccc2)C(=O)NC2CCCCC2)c2cccc(C)c2)cc1. The Bertz CT molecular complexity index is 1810. The Morgan fingerprint density at radius 1 is 0.812 bits per heavy atom. The first-order valence-electron chi connectivity index (χ1n) is 16.3. The van der Waals surface area contributed by atoms with Gasteiger partial charge in [-0.25, -0.2) is 8.42 Å². The molecule has 1 N–H and O–H groups in total. The van der Waals surface area contributed by atoms with E-state index in [1.54, 1.807) is 48.5 Å². The van der Waals surface area contributed by atoms with Crippen LogP contribution in [0.3, 0.4) is 0 Å². The van der Waals surface area contributed by atoms with Crippen LogP contribution in [0.1, 0.15) is 54.4 Å². The molecule has 0 aromatic heterocycles. The van der Waals surface area contributed by atoms with Gasteiger partial charge in [-0.2, -0.15) is 0 Å². The van der Waals surface area contributed by atoms with E-state index >= 15 is 0 Å². The highest BCUT2D eigenvalue weighted by Crippen LogP contribution is 2.30. The van der Waals surface area contributed by atoms with Crippen molar-refractivity contribution in [2.45, 2.75) is 75.9 Å². The third-order valence-corrected chi connectivity index (χ3v) is 11.3. The smallest absolute Gasteiger partial charge is 0.264 e. The molecule has 0 spiro atoms. The number of benzene rings is 4. The van der Waals surface area contributed by atoms with Gasteiger partial charge in [0.25, 0.3) is 10.0 Å². The molecule has 2 amide bonds. The van der Waals surface area contributed by atoms with Gasteiger partial charge in [0, 0.05) is 34.6 Å². The second-order valence-corrected chi connectivity index (χ2v) is 15.1. The quantitative estimate of drug-likeness (QED) is 0.162. The predicted octanol–water partition coefficient (Wildman–Crippen LogP) is 7.89. The number of hydrogen-bond donors (Lipinski definition) is 1. The molecule has 0 radical (unpaired) electrons. The summed E-state index contributed by atoms with van der Waals surface area (Å²) in [6.07, 6.45) is 5.11. The van der Waals surface area contributed by atoms with Crippen LogP contribution in [0.5, 0.6) is 0 Å². The van der Waals surface area contributed by atoms with Crippen LogP contribution in [-0.4, -0.2) is 43.8 Å². The Kier molecular flexibility index (Phi) is 11.8. The van der Waals surface area contributed by atoms with Crippen molar-refractivity contribution in [1.82, 2.24) is 10.2 Å². The number of nitrogens with one attached hydrogen (secondary N) is 1. The summed E-state index contributed by atoms with van der Waals surface area (Å²) >= 11 is 13.3. The molecule has 7 nitrogen and oxygen atoms in total. The molecule has 1 aliphatic rings. The van der Waals surface area contributed by atoms with E-state index in [9.17, 15) is 18.0 Å². The molecule has 252 valence electrons. The summed E-state index contributed by atoms with van der Waals surface area (Å²) in [5.41, 5.74) is 3.40. The lowest BCUT2D eigenvalue weighted by Crippen LogP contribution is -2.55. The van der Waals surface area contributed by atoms with Crippen molar-refractivity contribution in [3.8, 4) is 0 Å². The van der Waals surface area contributed by atoms with Crippen LogP contribution >= 0.6 is 23.2 Å². The largest absolute Gasteiger partial charge is 0.352 e. The zero-order valence-electron chi connectivity index (χ0n) is 27.2. The second-order valence-electron chi connectivity index (χ2n) is 12.4. The van der Waals surface area contributed by atoms with Crippen LogP contribution in [0.25, 0.3) is 0 Å². The van der Waals surface area contributed by atoms with Crippen molar-refractivity contribution in [3.05, 3.63) is 129 Å². The molecule has 4 aromatic carbocycles. The van der Waals surface area contributed by atoms with E-state index in [0.29, 0.717) is 21.3 Å². The van der Waals surface area contributed by atoms with Gasteiger partial charge >= 0.3 is 0 Å². The zero-order valence-corrected chi connectivity index (χ0v) is 29.6. The van der Waals surface area contributed by atoms with Crippen LogP contribution in [0.2, 0.25) is 10.0 Å². The zero-order chi connectivity index (χ0) is 34.3. The normalized spacial score (nSPS) is 14.2. The Hall–Kier alpha value is -3.85.